The minimum absolute atomic E-state index is 0.0313. The Bertz CT molecular complexity index is 487. The lowest BCUT2D eigenvalue weighted by Crippen LogP contribution is -2.22. The van der Waals surface area contributed by atoms with Gasteiger partial charge in [-0.2, -0.15) is 10.4 Å². The summed E-state index contributed by atoms with van der Waals surface area (Å²) < 4.78 is 6.87. The topological polar surface area (TPSA) is 100 Å². The Morgan fingerprint density at radius 2 is 2.32 bits per heavy atom. The maximum absolute atomic E-state index is 10.5. The third-order valence-corrected chi connectivity index (χ3v) is 4.03. The predicted molar refractivity (Wildman–Crippen MR) is 72.7 cm³/mol. The van der Waals surface area contributed by atoms with Gasteiger partial charge in [0.2, 0.25) is 0 Å². The first-order valence-corrected chi connectivity index (χ1v) is 9.58. The summed E-state index contributed by atoms with van der Waals surface area (Å²) in [5, 5.41) is 23.5. The molecule has 0 aliphatic heterocycles. The molecule has 1 rings (SSSR count). The maximum atomic E-state index is 10.5. The number of ether oxygens (including phenoxy) is 1. The van der Waals surface area contributed by atoms with E-state index in [0.29, 0.717) is 6.61 Å². The van der Waals surface area contributed by atoms with Gasteiger partial charge < -0.3 is 9.84 Å². The first kappa shape index (κ1) is 15.2. The predicted octanol–water partition coefficient (Wildman–Crippen LogP) is 2.16. The Morgan fingerprint density at radius 1 is 1.63 bits per heavy atom. The van der Waals surface area contributed by atoms with Crippen molar-refractivity contribution in [2.24, 2.45) is 0 Å². The molecule has 0 atom stereocenters. The van der Waals surface area contributed by atoms with Gasteiger partial charge in [0.05, 0.1) is 0 Å². The Labute approximate surface area is 112 Å². The van der Waals surface area contributed by atoms with Gasteiger partial charge in [0.1, 0.15) is 18.4 Å². The second-order valence-electron chi connectivity index (χ2n) is 5.32. The molecular weight excluding hydrogens is 264 g/mol. The first-order valence-electron chi connectivity index (χ1n) is 5.87. The number of carbonyl (C=O) groups is 1. The highest BCUT2D eigenvalue weighted by Crippen LogP contribution is 2.12. The average molecular weight is 282 g/mol. The van der Waals surface area contributed by atoms with Crippen molar-refractivity contribution in [3.05, 3.63) is 11.8 Å². The Kier molecular flexibility index (Phi) is 5.08. The smallest absolute Gasteiger partial charge is 0.410 e. The summed E-state index contributed by atoms with van der Waals surface area (Å²) in [6.07, 6.45) is 0.209. The van der Waals surface area contributed by atoms with Crippen LogP contribution in [0.15, 0.2) is 6.20 Å². The minimum atomic E-state index is -1.25. The molecule has 0 fully saturated rings. The van der Waals surface area contributed by atoms with E-state index in [4.69, 9.17) is 15.1 Å². The normalized spacial score (nSPS) is 11.1. The van der Waals surface area contributed by atoms with Crippen LogP contribution in [0.1, 0.15) is 5.56 Å². The number of nitriles is 1. The molecule has 0 bridgehead atoms. The summed E-state index contributed by atoms with van der Waals surface area (Å²) in [6, 6.07) is 2.92. The Balaban J connectivity index is 2.53. The van der Waals surface area contributed by atoms with Crippen LogP contribution in [0.4, 0.5) is 10.6 Å². The number of hydrogen-bond acceptors (Lipinski definition) is 4. The minimum Gasteiger partial charge on any atom is -0.465 e. The summed E-state index contributed by atoms with van der Waals surface area (Å²) in [6.45, 7) is 7.62. The van der Waals surface area contributed by atoms with Crippen LogP contribution in [-0.4, -0.2) is 35.7 Å². The lowest BCUT2D eigenvalue weighted by Gasteiger charge is -2.15. The third kappa shape index (κ3) is 5.54. The van der Waals surface area contributed by atoms with Crippen molar-refractivity contribution < 1.29 is 14.6 Å². The van der Waals surface area contributed by atoms with E-state index in [-0.39, 0.29) is 18.1 Å². The molecule has 0 spiro atoms. The SMILES string of the molecule is C[Si](C)(C)CCOCn1cc(C#N)c(NC(=O)O)n1. The Hall–Kier alpha value is -1.85. The van der Waals surface area contributed by atoms with Crippen molar-refractivity contribution in [3.63, 3.8) is 0 Å². The summed E-state index contributed by atoms with van der Waals surface area (Å²) in [4.78, 5) is 10.5. The molecule has 0 saturated carbocycles. The monoisotopic (exact) mass is 282 g/mol. The van der Waals surface area contributed by atoms with E-state index in [0.717, 1.165) is 6.04 Å². The molecule has 0 unspecified atom stereocenters. The summed E-state index contributed by atoms with van der Waals surface area (Å²) in [5.74, 6) is 0.0313. The van der Waals surface area contributed by atoms with Crippen molar-refractivity contribution in [1.82, 2.24) is 9.78 Å². The zero-order valence-electron chi connectivity index (χ0n) is 11.3. The second-order valence-corrected chi connectivity index (χ2v) is 10.9. The number of rotatable bonds is 6. The van der Waals surface area contributed by atoms with Crippen LogP contribution in [0.2, 0.25) is 25.7 Å². The molecular formula is C11H18N4O3Si. The lowest BCUT2D eigenvalue weighted by molar-refractivity contribution is 0.0787. The van der Waals surface area contributed by atoms with Gasteiger partial charge >= 0.3 is 6.09 Å². The highest BCUT2D eigenvalue weighted by Gasteiger charge is 2.13. The average Bonchev–Trinajstić information content (AvgIpc) is 2.64. The van der Waals surface area contributed by atoms with Crippen LogP contribution in [0.3, 0.4) is 0 Å². The molecule has 19 heavy (non-hydrogen) atoms. The van der Waals surface area contributed by atoms with Crippen LogP contribution in [0, 0.1) is 11.3 Å². The molecule has 2 N–H and O–H groups in total. The van der Waals surface area contributed by atoms with Gasteiger partial charge in [-0.15, -0.1) is 0 Å². The lowest BCUT2D eigenvalue weighted by atomic mass is 10.4. The van der Waals surface area contributed by atoms with E-state index in [2.05, 4.69) is 30.1 Å². The number of nitrogens with one attached hydrogen (secondary N) is 1. The summed E-state index contributed by atoms with van der Waals surface area (Å²) in [7, 11) is -1.13. The van der Waals surface area contributed by atoms with Gasteiger partial charge in [0, 0.05) is 20.9 Å². The number of carboxylic acid groups (broad SMARTS) is 1. The third-order valence-electron chi connectivity index (χ3n) is 2.33. The number of amides is 1. The molecule has 0 aliphatic carbocycles. The van der Waals surface area contributed by atoms with E-state index in [1.807, 2.05) is 6.07 Å². The van der Waals surface area contributed by atoms with Crippen LogP contribution in [-0.2, 0) is 11.5 Å². The summed E-state index contributed by atoms with van der Waals surface area (Å²) >= 11 is 0. The van der Waals surface area contributed by atoms with Crippen LogP contribution < -0.4 is 5.32 Å². The van der Waals surface area contributed by atoms with Gasteiger partial charge in [-0.1, -0.05) is 19.6 Å². The highest BCUT2D eigenvalue weighted by molar-refractivity contribution is 6.76. The highest BCUT2D eigenvalue weighted by atomic mass is 28.3. The number of aromatic nitrogens is 2. The van der Waals surface area contributed by atoms with Crippen molar-refractivity contribution in [3.8, 4) is 6.07 Å². The zero-order valence-corrected chi connectivity index (χ0v) is 12.3. The van der Waals surface area contributed by atoms with Crippen molar-refractivity contribution in [1.29, 1.82) is 5.26 Å². The summed E-state index contributed by atoms with van der Waals surface area (Å²) in [5.41, 5.74) is 0.177. The van der Waals surface area contributed by atoms with E-state index in [1.165, 1.54) is 10.9 Å². The largest absolute Gasteiger partial charge is 0.465 e. The van der Waals surface area contributed by atoms with Crippen LogP contribution in [0.5, 0.6) is 0 Å². The van der Waals surface area contributed by atoms with Gasteiger partial charge in [-0.3, -0.25) is 5.32 Å². The van der Waals surface area contributed by atoms with Gasteiger partial charge in [0.25, 0.3) is 0 Å². The van der Waals surface area contributed by atoms with E-state index >= 15 is 0 Å². The van der Waals surface area contributed by atoms with Crippen molar-refractivity contribution in [2.75, 3.05) is 11.9 Å². The maximum Gasteiger partial charge on any atom is 0.410 e. The quantitative estimate of drug-likeness (QED) is 0.615. The van der Waals surface area contributed by atoms with E-state index < -0.39 is 14.2 Å². The van der Waals surface area contributed by atoms with Crippen molar-refractivity contribution in [2.45, 2.75) is 32.4 Å². The molecule has 7 nitrogen and oxygen atoms in total. The fraction of sp³-hybridized carbons (Fsp3) is 0.545. The molecule has 0 saturated heterocycles. The number of hydrogen-bond donors (Lipinski definition) is 2. The van der Waals surface area contributed by atoms with Crippen molar-refractivity contribution >= 4 is 20.0 Å². The molecule has 0 radical (unpaired) electrons. The first-order chi connectivity index (χ1) is 8.81. The molecule has 1 amide bonds. The van der Waals surface area contributed by atoms with Gasteiger partial charge in [-0.25, -0.2) is 9.48 Å². The molecule has 1 aromatic rings. The molecule has 104 valence electrons. The molecule has 0 aliphatic rings. The van der Waals surface area contributed by atoms with E-state index in [1.54, 1.807) is 0 Å². The van der Waals surface area contributed by atoms with Crippen LogP contribution in [0.25, 0.3) is 0 Å². The zero-order chi connectivity index (χ0) is 14.5. The fourth-order valence-electron chi connectivity index (χ4n) is 1.30. The standard InChI is InChI=1S/C11H18N4O3Si/c1-19(2,3)5-4-18-8-15-7-9(6-12)10(14-15)13-11(16)17/h7H,4-5,8H2,1-3H3,(H,13,14)(H,16,17). The molecule has 1 aromatic heterocycles. The fourth-order valence-corrected chi connectivity index (χ4v) is 2.06. The second kappa shape index (κ2) is 6.35. The number of anilines is 1. The molecule has 8 heteroatoms. The van der Waals surface area contributed by atoms with Gasteiger partial charge in [0.15, 0.2) is 5.82 Å². The molecule has 1 heterocycles. The van der Waals surface area contributed by atoms with Gasteiger partial charge in [-0.05, 0) is 6.04 Å². The molecule has 0 aromatic carbocycles. The Morgan fingerprint density at radius 3 is 2.84 bits per heavy atom. The van der Waals surface area contributed by atoms with E-state index in [9.17, 15) is 4.79 Å². The number of nitrogens with zero attached hydrogens (tertiary/aromatic N) is 3. The van der Waals surface area contributed by atoms with Crippen LogP contribution >= 0.6 is 0 Å².